The van der Waals surface area contributed by atoms with Crippen LogP contribution in [0.1, 0.15) is 43.4 Å². The molecule has 0 radical (unpaired) electrons. The van der Waals surface area contributed by atoms with Gasteiger partial charge in [-0.2, -0.15) is 0 Å². The SMILES string of the molecule is CCC(N)CNC1CCCc2ccccc21. The Hall–Kier alpha value is -0.860. The van der Waals surface area contributed by atoms with Gasteiger partial charge in [-0.1, -0.05) is 31.2 Å². The van der Waals surface area contributed by atoms with Gasteiger partial charge < -0.3 is 11.1 Å². The predicted octanol–water partition coefficient (Wildman–Crippen LogP) is 2.39. The van der Waals surface area contributed by atoms with E-state index >= 15 is 0 Å². The highest BCUT2D eigenvalue weighted by molar-refractivity contribution is 5.32. The van der Waals surface area contributed by atoms with Crippen molar-refractivity contribution in [3.05, 3.63) is 35.4 Å². The first-order chi connectivity index (χ1) is 7.81. The Labute approximate surface area is 98.2 Å². The minimum Gasteiger partial charge on any atom is -0.327 e. The van der Waals surface area contributed by atoms with E-state index in [9.17, 15) is 0 Å². The van der Waals surface area contributed by atoms with Crippen LogP contribution in [0.5, 0.6) is 0 Å². The Balaban J connectivity index is 2.01. The highest BCUT2D eigenvalue weighted by Crippen LogP contribution is 2.29. The van der Waals surface area contributed by atoms with Crippen molar-refractivity contribution in [1.29, 1.82) is 0 Å². The first-order valence-corrected chi connectivity index (χ1v) is 6.38. The molecule has 16 heavy (non-hydrogen) atoms. The molecule has 2 rings (SSSR count). The van der Waals surface area contributed by atoms with Crippen molar-refractivity contribution in [2.24, 2.45) is 5.73 Å². The van der Waals surface area contributed by atoms with Crippen molar-refractivity contribution in [3.63, 3.8) is 0 Å². The summed E-state index contributed by atoms with van der Waals surface area (Å²) in [6.07, 6.45) is 4.80. The third-order valence-electron chi connectivity index (χ3n) is 3.52. The summed E-state index contributed by atoms with van der Waals surface area (Å²) < 4.78 is 0. The van der Waals surface area contributed by atoms with Crippen LogP contribution in [0.25, 0.3) is 0 Å². The van der Waals surface area contributed by atoms with Crippen molar-refractivity contribution in [2.75, 3.05) is 6.54 Å². The molecule has 1 aromatic rings. The molecule has 2 heteroatoms. The van der Waals surface area contributed by atoms with E-state index in [2.05, 4.69) is 36.5 Å². The molecule has 1 aliphatic rings. The lowest BCUT2D eigenvalue weighted by molar-refractivity contribution is 0.435. The van der Waals surface area contributed by atoms with Gasteiger partial charge in [0.15, 0.2) is 0 Å². The minimum atomic E-state index is 0.286. The summed E-state index contributed by atoms with van der Waals surface area (Å²) in [5, 5.41) is 3.60. The highest BCUT2D eigenvalue weighted by atomic mass is 14.9. The van der Waals surface area contributed by atoms with E-state index in [-0.39, 0.29) is 6.04 Å². The van der Waals surface area contributed by atoms with Gasteiger partial charge in [-0.15, -0.1) is 0 Å². The smallest absolute Gasteiger partial charge is 0.0323 e. The molecule has 2 nitrogen and oxygen atoms in total. The summed E-state index contributed by atoms with van der Waals surface area (Å²) >= 11 is 0. The Morgan fingerprint density at radius 1 is 1.44 bits per heavy atom. The second-order valence-corrected chi connectivity index (χ2v) is 4.72. The van der Waals surface area contributed by atoms with Crippen molar-refractivity contribution >= 4 is 0 Å². The van der Waals surface area contributed by atoms with Crippen LogP contribution in [0.4, 0.5) is 0 Å². The number of nitrogens with two attached hydrogens (primary N) is 1. The van der Waals surface area contributed by atoms with Gasteiger partial charge in [-0.25, -0.2) is 0 Å². The second kappa shape index (κ2) is 5.46. The van der Waals surface area contributed by atoms with E-state index in [4.69, 9.17) is 5.73 Å². The summed E-state index contributed by atoms with van der Waals surface area (Å²) in [5.74, 6) is 0. The summed E-state index contributed by atoms with van der Waals surface area (Å²) in [6, 6.07) is 9.58. The number of nitrogens with one attached hydrogen (secondary N) is 1. The van der Waals surface area contributed by atoms with Gasteiger partial charge in [0.25, 0.3) is 0 Å². The molecule has 0 aliphatic heterocycles. The molecule has 0 bridgehead atoms. The molecule has 0 heterocycles. The number of rotatable bonds is 4. The zero-order chi connectivity index (χ0) is 11.4. The van der Waals surface area contributed by atoms with Crippen LogP contribution < -0.4 is 11.1 Å². The van der Waals surface area contributed by atoms with E-state index in [0.717, 1.165) is 13.0 Å². The van der Waals surface area contributed by atoms with Crippen LogP contribution in [0, 0.1) is 0 Å². The van der Waals surface area contributed by atoms with E-state index in [1.54, 1.807) is 0 Å². The molecule has 3 N–H and O–H groups in total. The van der Waals surface area contributed by atoms with Gasteiger partial charge in [-0.05, 0) is 36.8 Å². The minimum absolute atomic E-state index is 0.286. The van der Waals surface area contributed by atoms with Gasteiger partial charge in [0.05, 0.1) is 0 Å². The third kappa shape index (κ3) is 2.63. The molecule has 2 unspecified atom stereocenters. The third-order valence-corrected chi connectivity index (χ3v) is 3.52. The lowest BCUT2D eigenvalue weighted by Gasteiger charge is -2.27. The Bertz CT molecular complexity index is 335. The standard InChI is InChI=1S/C14H22N2/c1-2-12(15)10-16-14-9-5-7-11-6-3-4-8-13(11)14/h3-4,6,8,12,14,16H,2,5,7,9-10,15H2,1H3. The first-order valence-electron chi connectivity index (χ1n) is 6.38. The maximum Gasteiger partial charge on any atom is 0.0323 e. The number of benzene rings is 1. The van der Waals surface area contributed by atoms with Crippen molar-refractivity contribution in [1.82, 2.24) is 5.32 Å². The Morgan fingerprint density at radius 2 is 2.25 bits per heavy atom. The molecular weight excluding hydrogens is 196 g/mol. The molecule has 0 amide bonds. The van der Waals surface area contributed by atoms with E-state index < -0.39 is 0 Å². The molecule has 1 aromatic carbocycles. The van der Waals surface area contributed by atoms with Gasteiger partial charge in [-0.3, -0.25) is 0 Å². The number of hydrogen-bond acceptors (Lipinski definition) is 2. The quantitative estimate of drug-likeness (QED) is 0.814. The molecule has 0 saturated heterocycles. The fourth-order valence-electron chi connectivity index (χ4n) is 2.40. The van der Waals surface area contributed by atoms with Crippen LogP contribution in [-0.2, 0) is 6.42 Å². The van der Waals surface area contributed by atoms with Crippen molar-refractivity contribution in [3.8, 4) is 0 Å². The number of fused-ring (bicyclic) bond motifs is 1. The average molecular weight is 218 g/mol. The van der Waals surface area contributed by atoms with Crippen molar-refractivity contribution < 1.29 is 0 Å². The maximum atomic E-state index is 5.95. The number of hydrogen-bond donors (Lipinski definition) is 2. The van der Waals surface area contributed by atoms with E-state index in [0.29, 0.717) is 6.04 Å². The zero-order valence-electron chi connectivity index (χ0n) is 10.1. The fraction of sp³-hybridized carbons (Fsp3) is 0.571. The van der Waals surface area contributed by atoms with E-state index in [1.165, 1.54) is 30.4 Å². The Kier molecular flexibility index (Phi) is 3.97. The second-order valence-electron chi connectivity index (χ2n) is 4.72. The summed E-state index contributed by atoms with van der Waals surface area (Å²) in [7, 11) is 0. The topological polar surface area (TPSA) is 38.0 Å². The fourth-order valence-corrected chi connectivity index (χ4v) is 2.40. The summed E-state index contributed by atoms with van der Waals surface area (Å²) in [4.78, 5) is 0. The molecule has 0 spiro atoms. The molecule has 0 fully saturated rings. The highest BCUT2D eigenvalue weighted by Gasteiger charge is 2.19. The van der Waals surface area contributed by atoms with Gasteiger partial charge >= 0.3 is 0 Å². The van der Waals surface area contributed by atoms with Gasteiger partial charge in [0, 0.05) is 18.6 Å². The summed E-state index contributed by atoms with van der Waals surface area (Å²) in [5.41, 5.74) is 8.94. The van der Waals surface area contributed by atoms with Gasteiger partial charge in [0.2, 0.25) is 0 Å². The molecule has 0 saturated carbocycles. The number of aryl methyl sites for hydroxylation is 1. The largest absolute Gasteiger partial charge is 0.327 e. The van der Waals surface area contributed by atoms with Crippen LogP contribution in [0.2, 0.25) is 0 Å². The van der Waals surface area contributed by atoms with Crippen LogP contribution in [0.15, 0.2) is 24.3 Å². The monoisotopic (exact) mass is 218 g/mol. The predicted molar refractivity (Wildman–Crippen MR) is 68.4 cm³/mol. The summed E-state index contributed by atoms with van der Waals surface area (Å²) in [6.45, 7) is 3.07. The first kappa shape index (κ1) is 11.6. The maximum absolute atomic E-state index is 5.95. The molecule has 1 aliphatic carbocycles. The molecule has 0 aromatic heterocycles. The van der Waals surface area contributed by atoms with Crippen LogP contribution >= 0.6 is 0 Å². The lowest BCUT2D eigenvalue weighted by Crippen LogP contribution is -2.36. The van der Waals surface area contributed by atoms with Crippen LogP contribution in [-0.4, -0.2) is 12.6 Å². The zero-order valence-corrected chi connectivity index (χ0v) is 10.1. The molecule has 88 valence electrons. The van der Waals surface area contributed by atoms with Crippen molar-refractivity contribution in [2.45, 2.75) is 44.7 Å². The molecule has 2 atom stereocenters. The molecular formula is C14H22N2. The van der Waals surface area contributed by atoms with Gasteiger partial charge in [0.1, 0.15) is 0 Å². The Morgan fingerprint density at radius 3 is 3.06 bits per heavy atom. The van der Waals surface area contributed by atoms with E-state index in [1.807, 2.05) is 0 Å². The van der Waals surface area contributed by atoms with Crippen LogP contribution in [0.3, 0.4) is 0 Å². The average Bonchev–Trinajstić information content (AvgIpc) is 2.35. The lowest BCUT2D eigenvalue weighted by atomic mass is 9.87. The normalized spacial score (nSPS) is 21.5.